The number of hydrogen-bond donors (Lipinski definition) is 0. The summed E-state index contributed by atoms with van der Waals surface area (Å²) >= 11 is 11.7. The highest BCUT2D eigenvalue weighted by Crippen LogP contribution is 2.15. The van der Waals surface area contributed by atoms with Gasteiger partial charge < -0.3 is 0 Å². The molecule has 0 amide bonds. The first-order chi connectivity index (χ1) is 10.1. The Morgan fingerprint density at radius 1 is 1.24 bits per heavy atom. The number of halogens is 2. The fourth-order valence-electron chi connectivity index (χ4n) is 2.09. The summed E-state index contributed by atoms with van der Waals surface area (Å²) in [4.78, 5) is 14.2. The minimum atomic E-state index is -0.363. The van der Waals surface area contributed by atoms with Crippen LogP contribution in [-0.2, 0) is 13.2 Å². The van der Waals surface area contributed by atoms with Crippen molar-refractivity contribution in [2.45, 2.75) is 26.6 Å². The number of aromatic nitrogens is 2. The van der Waals surface area contributed by atoms with E-state index < -0.39 is 0 Å². The molecule has 0 unspecified atom stereocenters. The van der Waals surface area contributed by atoms with Gasteiger partial charge in [-0.15, -0.1) is 0 Å². The molecular weight excluding hydrogens is 309 g/mol. The maximum absolute atomic E-state index is 12.0. The summed E-state index contributed by atoms with van der Waals surface area (Å²) in [7, 11) is 0. The number of nitrogens with zero attached hydrogens (tertiary/aromatic N) is 3. The van der Waals surface area contributed by atoms with E-state index in [9.17, 15) is 4.79 Å². The molecule has 1 aromatic carbocycles. The molecule has 0 aliphatic carbocycles. The SMILES string of the molecule is CCCN(Cc1ccccc1)Cn1ncc(Cl)c(Cl)c1=O. The van der Waals surface area contributed by atoms with Gasteiger partial charge in [0.2, 0.25) is 0 Å². The van der Waals surface area contributed by atoms with Crippen molar-refractivity contribution in [1.29, 1.82) is 0 Å². The highest BCUT2D eigenvalue weighted by molar-refractivity contribution is 6.41. The van der Waals surface area contributed by atoms with Crippen molar-refractivity contribution in [3.8, 4) is 0 Å². The van der Waals surface area contributed by atoms with Gasteiger partial charge in [0.15, 0.2) is 0 Å². The Hall–Kier alpha value is -1.36. The molecule has 2 aromatic rings. The third kappa shape index (κ3) is 4.30. The third-order valence-electron chi connectivity index (χ3n) is 3.07. The summed E-state index contributed by atoms with van der Waals surface area (Å²) in [6.45, 7) is 4.10. The lowest BCUT2D eigenvalue weighted by atomic mass is 10.2. The standard InChI is InChI=1S/C15H17Cl2N3O/c1-2-8-19(10-12-6-4-3-5-7-12)11-20-15(21)14(17)13(16)9-18-20/h3-7,9H,2,8,10-11H2,1H3. The lowest BCUT2D eigenvalue weighted by molar-refractivity contribution is 0.194. The molecule has 0 saturated heterocycles. The molecule has 0 atom stereocenters. The zero-order valence-corrected chi connectivity index (χ0v) is 13.3. The van der Waals surface area contributed by atoms with Gasteiger partial charge in [-0.1, -0.05) is 60.5 Å². The van der Waals surface area contributed by atoms with E-state index in [1.165, 1.54) is 16.4 Å². The highest BCUT2D eigenvalue weighted by atomic mass is 35.5. The van der Waals surface area contributed by atoms with Gasteiger partial charge in [-0.3, -0.25) is 9.69 Å². The molecule has 0 aliphatic rings. The van der Waals surface area contributed by atoms with Crippen LogP contribution in [0.4, 0.5) is 0 Å². The van der Waals surface area contributed by atoms with Crippen LogP contribution in [-0.4, -0.2) is 21.2 Å². The lowest BCUT2D eigenvalue weighted by Gasteiger charge is -2.22. The number of hydrogen-bond acceptors (Lipinski definition) is 3. The van der Waals surface area contributed by atoms with Crippen LogP contribution in [0.3, 0.4) is 0 Å². The molecule has 0 N–H and O–H groups in total. The van der Waals surface area contributed by atoms with E-state index >= 15 is 0 Å². The quantitative estimate of drug-likeness (QED) is 0.816. The molecule has 1 aromatic heterocycles. The molecule has 0 radical (unpaired) electrons. The Balaban J connectivity index is 2.17. The van der Waals surface area contributed by atoms with E-state index in [1.54, 1.807) is 0 Å². The Kier molecular flexibility index (Phi) is 5.79. The van der Waals surface area contributed by atoms with Crippen LogP contribution in [0.15, 0.2) is 41.3 Å². The smallest absolute Gasteiger partial charge is 0.280 e. The molecule has 0 saturated carbocycles. The van der Waals surface area contributed by atoms with Crippen molar-refractivity contribution in [3.63, 3.8) is 0 Å². The molecule has 2 rings (SSSR count). The predicted molar refractivity (Wildman–Crippen MR) is 85.7 cm³/mol. The second-order valence-electron chi connectivity index (χ2n) is 4.79. The van der Waals surface area contributed by atoms with Crippen molar-refractivity contribution < 1.29 is 0 Å². The normalized spacial score (nSPS) is 11.0. The first-order valence-corrected chi connectivity index (χ1v) is 7.54. The Labute approximate surface area is 133 Å². The predicted octanol–water partition coefficient (Wildman–Crippen LogP) is 3.42. The number of benzene rings is 1. The second kappa shape index (κ2) is 7.59. The van der Waals surface area contributed by atoms with E-state index in [0.29, 0.717) is 6.67 Å². The first-order valence-electron chi connectivity index (χ1n) is 6.79. The minimum Gasteiger partial charge on any atom is -0.280 e. The first kappa shape index (κ1) is 16.0. The topological polar surface area (TPSA) is 38.1 Å². The van der Waals surface area contributed by atoms with Gasteiger partial charge in [-0.25, -0.2) is 4.68 Å². The second-order valence-corrected chi connectivity index (χ2v) is 5.58. The van der Waals surface area contributed by atoms with Crippen molar-refractivity contribution in [2.24, 2.45) is 0 Å². The van der Waals surface area contributed by atoms with Gasteiger partial charge in [-0.05, 0) is 18.5 Å². The van der Waals surface area contributed by atoms with Gasteiger partial charge >= 0.3 is 0 Å². The summed E-state index contributed by atoms with van der Waals surface area (Å²) in [6.07, 6.45) is 2.39. The van der Waals surface area contributed by atoms with Gasteiger partial charge in [0.25, 0.3) is 5.56 Å². The van der Waals surface area contributed by atoms with Crippen LogP contribution < -0.4 is 5.56 Å². The highest BCUT2D eigenvalue weighted by Gasteiger charge is 2.11. The van der Waals surface area contributed by atoms with Gasteiger partial charge in [0, 0.05) is 6.54 Å². The molecule has 1 heterocycles. The van der Waals surface area contributed by atoms with Crippen LogP contribution >= 0.6 is 23.2 Å². The minimum absolute atomic E-state index is 0.0165. The maximum atomic E-state index is 12.0. The summed E-state index contributed by atoms with van der Waals surface area (Å²) < 4.78 is 1.34. The monoisotopic (exact) mass is 325 g/mol. The Morgan fingerprint density at radius 2 is 1.95 bits per heavy atom. The Bertz CT molecular complexity index is 643. The maximum Gasteiger partial charge on any atom is 0.288 e. The fourth-order valence-corrected chi connectivity index (χ4v) is 2.36. The van der Waals surface area contributed by atoms with Gasteiger partial charge in [0.1, 0.15) is 5.02 Å². The molecule has 0 aliphatic heterocycles. The average molecular weight is 326 g/mol. The van der Waals surface area contributed by atoms with E-state index in [-0.39, 0.29) is 15.6 Å². The average Bonchev–Trinajstić information content (AvgIpc) is 2.49. The fraction of sp³-hybridized carbons (Fsp3) is 0.333. The molecule has 6 heteroatoms. The van der Waals surface area contributed by atoms with Crippen LogP contribution in [0.25, 0.3) is 0 Å². The zero-order valence-electron chi connectivity index (χ0n) is 11.8. The molecule has 0 fully saturated rings. The third-order valence-corrected chi connectivity index (χ3v) is 3.81. The lowest BCUT2D eigenvalue weighted by Crippen LogP contribution is -2.34. The Morgan fingerprint density at radius 3 is 2.62 bits per heavy atom. The largest absolute Gasteiger partial charge is 0.288 e. The van der Waals surface area contributed by atoms with Crippen LogP contribution in [0.1, 0.15) is 18.9 Å². The molecule has 0 spiro atoms. The van der Waals surface area contributed by atoms with Gasteiger partial charge in [-0.2, -0.15) is 5.10 Å². The van der Waals surface area contributed by atoms with Crippen molar-refractivity contribution in [1.82, 2.24) is 14.7 Å². The van der Waals surface area contributed by atoms with E-state index in [2.05, 4.69) is 29.1 Å². The van der Waals surface area contributed by atoms with Crippen molar-refractivity contribution in [2.75, 3.05) is 6.54 Å². The number of rotatable bonds is 6. The van der Waals surface area contributed by atoms with E-state index in [0.717, 1.165) is 19.5 Å². The summed E-state index contributed by atoms with van der Waals surface area (Å²) in [5.41, 5.74) is 0.831. The molecule has 21 heavy (non-hydrogen) atoms. The van der Waals surface area contributed by atoms with Crippen LogP contribution in [0, 0.1) is 0 Å². The van der Waals surface area contributed by atoms with Crippen LogP contribution in [0.2, 0.25) is 10.0 Å². The van der Waals surface area contributed by atoms with E-state index in [1.807, 2.05) is 18.2 Å². The van der Waals surface area contributed by atoms with Crippen LogP contribution in [0.5, 0.6) is 0 Å². The zero-order chi connectivity index (χ0) is 15.2. The summed E-state index contributed by atoms with van der Waals surface area (Å²) in [5.74, 6) is 0. The van der Waals surface area contributed by atoms with Gasteiger partial charge in [0.05, 0.1) is 17.9 Å². The van der Waals surface area contributed by atoms with Crippen molar-refractivity contribution >= 4 is 23.2 Å². The van der Waals surface area contributed by atoms with Crippen molar-refractivity contribution in [3.05, 3.63) is 62.5 Å². The molecule has 0 bridgehead atoms. The molecule has 4 nitrogen and oxygen atoms in total. The summed E-state index contributed by atoms with van der Waals surface area (Å²) in [5, 5.41) is 4.25. The molecular formula is C15H17Cl2N3O. The summed E-state index contributed by atoms with van der Waals surface area (Å²) in [6, 6.07) is 10.1. The van der Waals surface area contributed by atoms with E-state index in [4.69, 9.17) is 23.2 Å². The molecule has 112 valence electrons.